The second-order valence-corrected chi connectivity index (χ2v) is 5.86. The molecule has 1 aromatic heterocycles. The van der Waals surface area contributed by atoms with Crippen LogP contribution in [0.5, 0.6) is 0 Å². The van der Waals surface area contributed by atoms with Crippen LogP contribution in [0, 0.1) is 0 Å². The molecular weight excluding hydrogens is 206 g/mol. The molecule has 1 aromatic rings. The fraction of sp³-hybridized carbons (Fsp3) is 0.667. The van der Waals surface area contributed by atoms with E-state index < -0.39 is 0 Å². The molecule has 0 spiro atoms. The summed E-state index contributed by atoms with van der Waals surface area (Å²) in [6.45, 7) is 11.0. The SMILES string of the molecule is CCOCc1ccc(CNC(C)(C)C)s1. The van der Waals surface area contributed by atoms with Gasteiger partial charge in [0.05, 0.1) is 6.61 Å². The second-order valence-electron chi connectivity index (χ2n) is 4.61. The molecule has 0 aliphatic rings. The van der Waals surface area contributed by atoms with Gasteiger partial charge in [-0.05, 0) is 39.8 Å². The fourth-order valence-corrected chi connectivity index (χ4v) is 2.05. The largest absolute Gasteiger partial charge is 0.376 e. The van der Waals surface area contributed by atoms with E-state index in [1.807, 2.05) is 18.3 Å². The zero-order valence-electron chi connectivity index (χ0n) is 10.1. The van der Waals surface area contributed by atoms with Crippen LogP contribution in [0.3, 0.4) is 0 Å². The van der Waals surface area contributed by atoms with Gasteiger partial charge in [-0.2, -0.15) is 0 Å². The third-order valence-electron chi connectivity index (χ3n) is 1.96. The Kier molecular flexibility index (Phi) is 4.77. The van der Waals surface area contributed by atoms with Gasteiger partial charge in [-0.3, -0.25) is 0 Å². The Balaban J connectivity index is 2.39. The molecule has 0 amide bonds. The molecule has 15 heavy (non-hydrogen) atoms. The van der Waals surface area contributed by atoms with Gasteiger partial charge in [0.1, 0.15) is 0 Å². The molecule has 0 aliphatic heterocycles. The smallest absolute Gasteiger partial charge is 0.0809 e. The van der Waals surface area contributed by atoms with Gasteiger partial charge in [-0.1, -0.05) is 0 Å². The average molecular weight is 227 g/mol. The summed E-state index contributed by atoms with van der Waals surface area (Å²) >= 11 is 1.83. The summed E-state index contributed by atoms with van der Waals surface area (Å²) in [4.78, 5) is 2.68. The third-order valence-corrected chi connectivity index (χ3v) is 3.02. The maximum atomic E-state index is 5.37. The first kappa shape index (κ1) is 12.7. The fourth-order valence-electron chi connectivity index (χ4n) is 1.15. The minimum absolute atomic E-state index is 0.185. The summed E-state index contributed by atoms with van der Waals surface area (Å²) in [5, 5.41) is 3.48. The molecule has 0 radical (unpaired) electrons. The minimum Gasteiger partial charge on any atom is -0.376 e. The van der Waals surface area contributed by atoms with Crippen LogP contribution in [-0.4, -0.2) is 12.1 Å². The van der Waals surface area contributed by atoms with Crippen molar-refractivity contribution in [2.75, 3.05) is 6.61 Å². The van der Waals surface area contributed by atoms with Gasteiger partial charge in [-0.25, -0.2) is 0 Å². The highest BCUT2D eigenvalue weighted by atomic mass is 32.1. The van der Waals surface area contributed by atoms with Crippen molar-refractivity contribution in [1.82, 2.24) is 5.32 Å². The number of nitrogens with one attached hydrogen (secondary N) is 1. The minimum atomic E-state index is 0.185. The van der Waals surface area contributed by atoms with Gasteiger partial charge in [-0.15, -0.1) is 11.3 Å². The van der Waals surface area contributed by atoms with Crippen LogP contribution >= 0.6 is 11.3 Å². The number of hydrogen-bond acceptors (Lipinski definition) is 3. The van der Waals surface area contributed by atoms with E-state index in [2.05, 4.69) is 38.2 Å². The van der Waals surface area contributed by atoms with E-state index in [0.717, 1.165) is 19.8 Å². The zero-order chi connectivity index (χ0) is 11.3. The van der Waals surface area contributed by atoms with E-state index in [0.29, 0.717) is 0 Å². The van der Waals surface area contributed by atoms with E-state index in [1.165, 1.54) is 9.75 Å². The Morgan fingerprint density at radius 1 is 1.27 bits per heavy atom. The molecule has 0 saturated heterocycles. The first-order valence-electron chi connectivity index (χ1n) is 5.41. The van der Waals surface area contributed by atoms with Gasteiger partial charge in [0.25, 0.3) is 0 Å². The lowest BCUT2D eigenvalue weighted by Crippen LogP contribution is -2.34. The molecule has 2 nitrogen and oxygen atoms in total. The molecule has 1 N–H and O–H groups in total. The monoisotopic (exact) mass is 227 g/mol. The van der Waals surface area contributed by atoms with Crippen molar-refractivity contribution in [2.24, 2.45) is 0 Å². The lowest BCUT2D eigenvalue weighted by Gasteiger charge is -2.19. The number of rotatable bonds is 5. The molecule has 0 aliphatic carbocycles. The quantitative estimate of drug-likeness (QED) is 0.834. The van der Waals surface area contributed by atoms with Crippen LogP contribution in [0.1, 0.15) is 37.4 Å². The predicted molar refractivity (Wildman–Crippen MR) is 66.2 cm³/mol. The van der Waals surface area contributed by atoms with Crippen molar-refractivity contribution >= 4 is 11.3 Å². The molecule has 1 rings (SSSR count). The van der Waals surface area contributed by atoms with Gasteiger partial charge >= 0.3 is 0 Å². The van der Waals surface area contributed by atoms with Crippen LogP contribution in [-0.2, 0) is 17.9 Å². The van der Waals surface area contributed by atoms with Gasteiger partial charge in [0, 0.05) is 28.4 Å². The standard InChI is InChI=1S/C12H21NOS/c1-5-14-9-11-7-6-10(15-11)8-13-12(2,3)4/h6-7,13H,5,8-9H2,1-4H3. The second kappa shape index (κ2) is 5.64. The van der Waals surface area contributed by atoms with Crippen molar-refractivity contribution in [3.05, 3.63) is 21.9 Å². The molecule has 86 valence electrons. The topological polar surface area (TPSA) is 21.3 Å². The number of hydrogen-bond donors (Lipinski definition) is 1. The summed E-state index contributed by atoms with van der Waals surface area (Å²) in [5.41, 5.74) is 0.185. The Labute approximate surface area is 96.7 Å². The lowest BCUT2D eigenvalue weighted by molar-refractivity contribution is 0.136. The Hall–Kier alpha value is -0.380. The summed E-state index contributed by atoms with van der Waals surface area (Å²) < 4.78 is 5.37. The Morgan fingerprint density at radius 3 is 2.53 bits per heavy atom. The van der Waals surface area contributed by atoms with Crippen molar-refractivity contribution in [3.8, 4) is 0 Å². The van der Waals surface area contributed by atoms with E-state index in [4.69, 9.17) is 4.74 Å². The molecule has 0 saturated carbocycles. The van der Waals surface area contributed by atoms with Crippen molar-refractivity contribution < 1.29 is 4.74 Å². The Bertz CT molecular complexity index is 288. The van der Waals surface area contributed by atoms with Crippen LogP contribution in [0.25, 0.3) is 0 Å². The molecule has 0 bridgehead atoms. The molecule has 3 heteroatoms. The van der Waals surface area contributed by atoms with E-state index >= 15 is 0 Å². The highest BCUT2D eigenvalue weighted by molar-refractivity contribution is 7.11. The molecule has 0 aromatic carbocycles. The maximum absolute atomic E-state index is 5.37. The first-order valence-corrected chi connectivity index (χ1v) is 6.23. The summed E-state index contributed by atoms with van der Waals surface area (Å²) in [7, 11) is 0. The zero-order valence-corrected chi connectivity index (χ0v) is 10.9. The highest BCUT2D eigenvalue weighted by Gasteiger charge is 2.09. The molecular formula is C12H21NOS. The molecule has 1 heterocycles. The lowest BCUT2D eigenvalue weighted by atomic mass is 10.1. The normalized spacial score (nSPS) is 12.0. The molecule has 0 atom stereocenters. The Morgan fingerprint density at radius 2 is 1.93 bits per heavy atom. The van der Waals surface area contributed by atoms with Crippen molar-refractivity contribution in [3.63, 3.8) is 0 Å². The summed E-state index contributed by atoms with van der Waals surface area (Å²) in [5.74, 6) is 0. The van der Waals surface area contributed by atoms with Crippen LogP contribution < -0.4 is 5.32 Å². The van der Waals surface area contributed by atoms with E-state index in [-0.39, 0.29) is 5.54 Å². The van der Waals surface area contributed by atoms with Gasteiger partial charge < -0.3 is 10.1 Å². The molecule has 0 fully saturated rings. The van der Waals surface area contributed by atoms with Crippen molar-refractivity contribution in [2.45, 2.75) is 46.4 Å². The first-order chi connectivity index (χ1) is 7.01. The van der Waals surface area contributed by atoms with Gasteiger partial charge in [0.2, 0.25) is 0 Å². The summed E-state index contributed by atoms with van der Waals surface area (Å²) in [6.07, 6.45) is 0. The average Bonchev–Trinajstić information content (AvgIpc) is 2.58. The van der Waals surface area contributed by atoms with Crippen LogP contribution in [0.4, 0.5) is 0 Å². The van der Waals surface area contributed by atoms with E-state index in [9.17, 15) is 0 Å². The van der Waals surface area contributed by atoms with Gasteiger partial charge in [0.15, 0.2) is 0 Å². The summed E-state index contributed by atoms with van der Waals surface area (Å²) in [6, 6.07) is 4.33. The number of thiophene rings is 1. The highest BCUT2D eigenvalue weighted by Crippen LogP contribution is 2.18. The number of ether oxygens (including phenoxy) is 1. The van der Waals surface area contributed by atoms with Crippen LogP contribution in [0.15, 0.2) is 12.1 Å². The predicted octanol–water partition coefficient (Wildman–Crippen LogP) is 3.17. The third kappa shape index (κ3) is 5.30. The maximum Gasteiger partial charge on any atom is 0.0809 e. The molecule has 0 unspecified atom stereocenters. The van der Waals surface area contributed by atoms with Crippen LogP contribution in [0.2, 0.25) is 0 Å². The van der Waals surface area contributed by atoms with Crippen molar-refractivity contribution in [1.29, 1.82) is 0 Å². The van der Waals surface area contributed by atoms with E-state index in [1.54, 1.807) is 0 Å².